The van der Waals surface area contributed by atoms with Crippen LogP contribution in [0.2, 0.25) is 0 Å². The van der Waals surface area contributed by atoms with Crippen LogP contribution in [0.3, 0.4) is 0 Å². The molecule has 1 aliphatic rings. The molecule has 1 aliphatic carbocycles. The summed E-state index contributed by atoms with van der Waals surface area (Å²) < 4.78 is 0. The van der Waals surface area contributed by atoms with Crippen molar-refractivity contribution in [1.82, 2.24) is 10.6 Å². The summed E-state index contributed by atoms with van der Waals surface area (Å²) in [7, 11) is 1.88. The quantitative estimate of drug-likeness (QED) is 0.608. The molecule has 0 aliphatic heterocycles. The van der Waals surface area contributed by atoms with Crippen LogP contribution in [0.4, 0.5) is 0 Å². The minimum absolute atomic E-state index is 0. The van der Waals surface area contributed by atoms with Gasteiger partial charge in [0.15, 0.2) is 0 Å². The third kappa shape index (κ3) is 5.68. The highest BCUT2D eigenvalue weighted by Gasteiger charge is 2.25. The predicted molar refractivity (Wildman–Crippen MR) is 66.8 cm³/mol. The molecule has 0 bridgehead atoms. The first-order chi connectivity index (χ1) is 7.24. The maximum absolute atomic E-state index is 11.4. The summed E-state index contributed by atoms with van der Waals surface area (Å²) in [6, 6.07) is 0. The molecule has 2 atom stereocenters. The normalized spacial score (nSPS) is 23.9. The molecule has 0 radical (unpaired) electrons. The maximum atomic E-state index is 11.4. The SMILES string of the molecule is CNCCCC(=O)NCC1CCCC1O.Cl. The minimum Gasteiger partial charge on any atom is -0.393 e. The Bertz CT molecular complexity index is 202. The number of hydrogen-bond acceptors (Lipinski definition) is 3. The lowest BCUT2D eigenvalue weighted by molar-refractivity contribution is -0.121. The Labute approximate surface area is 104 Å². The molecule has 3 N–H and O–H groups in total. The Hall–Kier alpha value is -0.320. The van der Waals surface area contributed by atoms with Crippen molar-refractivity contribution in [3.63, 3.8) is 0 Å². The predicted octanol–water partition coefficient (Wildman–Crippen LogP) is 0.685. The summed E-state index contributed by atoms with van der Waals surface area (Å²) in [6.45, 7) is 1.51. The fourth-order valence-electron chi connectivity index (χ4n) is 2.01. The standard InChI is InChI=1S/C11H22N2O2.ClH/c1-12-7-3-6-11(15)13-8-9-4-2-5-10(9)14;/h9-10,12,14H,2-8H2,1H3,(H,13,15);1H. The number of aliphatic hydroxyl groups is 1. The van der Waals surface area contributed by atoms with Gasteiger partial charge in [0.1, 0.15) is 0 Å². The van der Waals surface area contributed by atoms with Crippen LogP contribution >= 0.6 is 12.4 Å². The molecular weight excluding hydrogens is 228 g/mol. The zero-order valence-corrected chi connectivity index (χ0v) is 10.7. The van der Waals surface area contributed by atoms with E-state index in [9.17, 15) is 9.90 Å². The lowest BCUT2D eigenvalue weighted by atomic mass is 10.1. The van der Waals surface area contributed by atoms with Gasteiger partial charge in [-0.15, -0.1) is 12.4 Å². The fraction of sp³-hybridized carbons (Fsp3) is 0.909. The highest BCUT2D eigenvalue weighted by Crippen LogP contribution is 2.24. The fourth-order valence-corrected chi connectivity index (χ4v) is 2.01. The van der Waals surface area contributed by atoms with E-state index in [-0.39, 0.29) is 30.3 Å². The van der Waals surface area contributed by atoms with Gasteiger partial charge in [0.2, 0.25) is 5.91 Å². The molecule has 96 valence electrons. The first-order valence-corrected chi connectivity index (χ1v) is 5.83. The second kappa shape index (κ2) is 8.79. The molecule has 0 aromatic carbocycles. The Morgan fingerprint density at radius 1 is 1.44 bits per heavy atom. The van der Waals surface area contributed by atoms with Crippen molar-refractivity contribution in [2.75, 3.05) is 20.1 Å². The van der Waals surface area contributed by atoms with Gasteiger partial charge >= 0.3 is 0 Å². The molecule has 0 saturated heterocycles. The van der Waals surface area contributed by atoms with Crippen LogP contribution < -0.4 is 10.6 Å². The third-order valence-corrected chi connectivity index (χ3v) is 3.01. The summed E-state index contributed by atoms with van der Waals surface area (Å²) in [5.41, 5.74) is 0. The van der Waals surface area contributed by atoms with Gasteiger partial charge in [-0.25, -0.2) is 0 Å². The number of halogens is 1. The van der Waals surface area contributed by atoms with Crippen LogP contribution in [0.15, 0.2) is 0 Å². The smallest absolute Gasteiger partial charge is 0.220 e. The molecular formula is C11H23ClN2O2. The Morgan fingerprint density at radius 2 is 2.19 bits per heavy atom. The highest BCUT2D eigenvalue weighted by atomic mass is 35.5. The number of hydrogen-bond donors (Lipinski definition) is 3. The molecule has 0 aromatic heterocycles. The van der Waals surface area contributed by atoms with E-state index in [1.165, 1.54) is 0 Å². The van der Waals surface area contributed by atoms with Crippen LogP contribution in [-0.2, 0) is 4.79 Å². The van der Waals surface area contributed by atoms with Crippen LogP contribution in [0, 0.1) is 5.92 Å². The lowest BCUT2D eigenvalue weighted by Crippen LogP contribution is -2.32. The van der Waals surface area contributed by atoms with Gasteiger partial charge < -0.3 is 15.7 Å². The van der Waals surface area contributed by atoms with Gasteiger partial charge in [0.25, 0.3) is 0 Å². The highest BCUT2D eigenvalue weighted by molar-refractivity contribution is 5.85. The number of carbonyl (C=O) groups excluding carboxylic acids is 1. The van der Waals surface area contributed by atoms with Crippen molar-refractivity contribution in [2.24, 2.45) is 5.92 Å². The van der Waals surface area contributed by atoms with E-state index in [4.69, 9.17) is 0 Å². The van der Waals surface area contributed by atoms with Crippen molar-refractivity contribution < 1.29 is 9.90 Å². The van der Waals surface area contributed by atoms with Crippen molar-refractivity contribution in [3.05, 3.63) is 0 Å². The van der Waals surface area contributed by atoms with Crippen LogP contribution in [0.25, 0.3) is 0 Å². The summed E-state index contributed by atoms with van der Waals surface area (Å²) in [4.78, 5) is 11.4. The van der Waals surface area contributed by atoms with Crippen LogP contribution in [0.5, 0.6) is 0 Å². The molecule has 0 aromatic rings. The van der Waals surface area contributed by atoms with Crippen molar-refractivity contribution in [2.45, 2.75) is 38.2 Å². The van der Waals surface area contributed by atoms with Crippen molar-refractivity contribution in [1.29, 1.82) is 0 Å². The van der Waals surface area contributed by atoms with E-state index in [0.29, 0.717) is 13.0 Å². The van der Waals surface area contributed by atoms with Gasteiger partial charge in [0.05, 0.1) is 6.10 Å². The van der Waals surface area contributed by atoms with Gasteiger partial charge in [-0.05, 0) is 32.9 Å². The van der Waals surface area contributed by atoms with Crippen LogP contribution in [-0.4, -0.2) is 37.3 Å². The zero-order valence-electron chi connectivity index (χ0n) is 9.87. The van der Waals surface area contributed by atoms with Crippen LogP contribution in [0.1, 0.15) is 32.1 Å². The molecule has 16 heavy (non-hydrogen) atoms. The topological polar surface area (TPSA) is 61.4 Å². The van der Waals surface area contributed by atoms with E-state index in [1.54, 1.807) is 0 Å². The molecule has 1 fully saturated rings. The van der Waals surface area contributed by atoms with Crippen molar-refractivity contribution >= 4 is 18.3 Å². The lowest BCUT2D eigenvalue weighted by Gasteiger charge is -2.14. The number of amides is 1. The maximum Gasteiger partial charge on any atom is 0.220 e. The minimum atomic E-state index is -0.206. The van der Waals surface area contributed by atoms with Gasteiger partial charge in [-0.3, -0.25) is 4.79 Å². The largest absolute Gasteiger partial charge is 0.393 e. The monoisotopic (exact) mass is 250 g/mol. The third-order valence-electron chi connectivity index (χ3n) is 3.01. The second-order valence-corrected chi connectivity index (χ2v) is 4.27. The molecule has 0 heterocycles. The summed E-state index contributed by atoms with van der Waals surface area (Å²) in [5, 5.41) is 15.4. The molecule has 1 amide bonds. The van der Waals surface area contributed by atoms with Crippen molar-refractivity contribution in [3.8, 4) is 0 Å². The van der Waals surface area contributed by atoms with E-state index in [0.717, 1.165) is 32.2 Å². The molecule has 2 unspecified atom stereocenters. The summed E-state index contributed by atoms with van der Waals surface area (Å²) in [5.74, 6) is 0.377. The van der Waals surface area contributed by atoms with E-state index < -0.39 is 0 Å². The van der Waals surface area contributed by atoms with E-state index >= 15 is 0 Å². The van der Waals surface area contributed by atoms with E-state index in [2.05, 4.69) is 10.6 Å². The Kier molecular flexibility index (Phi) is 8.61. The van der Waals surface area contributed by atoms with E-state index in [1.807, 2.05) is 7.05 Å². The average molecular weight is 251 g/mol. The molecule has 0 spiro atoms. The summed E-state index contributed by atoms with van der Waals surface area (Å²) >= 11 is 0. The molecule has 4 nitrogen and oxygen atoms in total. The summed E-state index contributed by atoms with van der Waals surface area (Å²) in [6.07, 6.45) is 4.25. The molecule has 5 heteroatoms. The van der Waals surface area contributed by atoms with Gasteiger partial charge in [-0.2, -0.15) is 0 Å². The second-order valence-electron chi connectivity index (χ2n) is 4.27. The number of carbonyl (C=O) groups is 1. The van der Waals surface area contributed by atoms with Gasteiger partial charge in [0, 0.05) is 18.9 Å². The number of nitrogens with one attached hydrogen (secondary N) is 2. The Balaban J connectivity index is 0.00000225. The molecule has 1 rings (SSSR count). The first-order valence-electron chi connectivity index (χ1n) is 5.83. The molecule has 1 saturated carbocycles. The number of aliphatic hydroxyl groups excluding tert-OH is 1. The average Bonchev–Trinajstić information content (AvgIpc) is 2.61. The first kappa shape index (κ1) is 15.7. The number of rotatable bonds is 6. The van der Waals surface area contributed by atoms with Gasteiger partial charge in [-0.1, -0.05) is 6.42 Å². The Morgan fingerprint density at radius 3 is 2.75 bits per heavy atom. The zero-order chi connectivity index (χ0) is 11.1.